The number of hydrogen-bond donors (Lipinski definition) is 2. The van der Waals surface area contributed by atoms with Crippen LogP contribution in [0, 0.1) is 0 Å². The molecule has 0 aliphatic carbocycles. The average molecular weight is 338 g/mol. The third-order valence-corrected chi connectivity index (χ3v) is 3.33. The normalized spacial score (nSPS) is 10.8. The number of benzene rings is 2. The molecule has 0 saturated heterocycles. The van der Waals surface area contributed by atoms with Gasteiger partial charge in [-0.3, -0.25) is 4.79 Å². The molecule has 0 saturated carbocycles. The SMILES string of the molecule is COc1ccc(/C=N/NC(=O)c2ccc(-n3cnnn3)cc2)cc1O. The number of hydrazone groups is 1. The van der Waals surface area contributed by atoms with Crippen molar-refractivity contribution in [2.45, 2.75) is 0 Å². The number of carbonyl (C=O) groups excluding carboxylic acids is 1. The number of amides is 1. The molecule has 0 aliphatic heterocycles. The Morgan fingerprint density at radius 1 is 1.28 bits per heavy atom. The second-order valence-corrected chi connectivity index (χ2v) is 4.93. The number of nitrogens with zero attached hydrogens (tertiary/aromatic N) is 5. The van der Waals surface area contributed by atoms with Crippen LogP contribution in [-0.4, -0.2) is 44.5 Å². The lowest BCUT2D eigenvalue weighted by Gasteiger charge is -2.04. The van der Waals surface area contributed by atoms with E-state index in [0.717, 1.165) is 5.69 Å². The Morgan fingerprint density at radius 3 is 2.72 bits per heavy atom. The third-order valence-electron chi connectivity index (χ3n) is 3.33. The number of ether oxygens (including phenoxy) is 1. The second-order valence-electron chi connectivity index (χ2n) is 4.93. The molecule has 9 nitrogen and oxygen atoms in total. The number of aromatic nitrogens is 4. The molecule has 1 heterocycles. The van der Waals surface area contributed by atoms with Gasteiger partial charge in [0.1, 0.15) is 6.33 Å². The largest absolute Gasteiger partial charge is 0.504 e. The number of aromatic hydroxyl groups is 1. The molecule has 1 aromatic heterocycles. The van der Waals surface area contributed by atoms with Gasteiger partial charge in [0.2, 0.25) is 0 Å². The number of carbonyl (C=O) groups is 1. The zero-order valence-electron chi connectivity index (χ0n) is 13.2. The Balaban J connectivity index is 1.63. The predicted molar refractivity (Wildman–Crippen MR) is 88.9 cm³/mol. The van der Waals surface area contributed by atoms with E-state index in [-0.39, 0.29) is 11.7 Å². The molecular weight excluding hydrogens is 324 g/mol. The minimum absolute atomic E-state index is 0.00373. The molecule has 0 atom stereocenters. The highest BCUT2D eigenvalue weighted by atomic mass is 16.5. The van der Waals surface area contributed by atoms with Gasteiger partial charge in [-0.1, -0.05) is 0 Å². The summed E-state index contributed by atoms with van der Waals surface area (Å²) in [7, 11) is 1.47. The Labute approximate surface area is 142 Å². The predicted octanol–water partition coefficient (Wildman–Crippen LogP) is 1.14. The van der Waals surface area contributed by atoms with E-state index in [1.165, 1.54) is 30.4 Å². The van der Waals surface area contributed by atoms with Gasteiger partial charge in [-0.05, 0) is 58.5 Å². The molecule has 0 fully saturated rings. The first-order chi connectivity index (χ1) is 12.2. The van der Waals surface area contributed by atoms with Gasteiger partial charge in [-0.25, -0.2) is 10.1 Å². The minimum atomic E-state index is -0.364. The monoisotopic (exact) mass is 338 g/mol. The van der Waals surface area contributed by atoms with Gasteiger partial charge in [-0.15, -0.1) is 5.10 Å². The molecule has 0 unspecified atom stereocenters. The van der Waals surface area contributed by atoms with Crippen LogP contribution in [-0.2, 0) is 0 Å². The van der Waals surface area contributed by atoms with Crippen molar-refractivity contribution in [3.8, 4) is 17.2 Å². The van der Waals surface area contributed by atoms with Crippen LogP contribution in [0.3, 0.4) is 0 Å². The summed E-state index contributed by atoms with van der Waals surface area (Å²) in [6.45, 7) is 0. The van der Waals surface area contributed by atoms with Gasteiger partial charge >= 0.3 is 0 Å². The van der Waals surface area contributed by atoms with Gasteiger partial charge in [0.05, 0.1) is 19.0 Å². The van der Waals surface area contributed by atoms with Crippen LogP contribution in [0.15, 0.2) is 53.9 Å². The van der Waals surface area contributed by atoms with Crippen molar-refractivity contribution in [1.82, 2.24) is 25.6 Å². The van der Waals surface area contributed by atoms with E-state index < -0.39 is 0 Å². The van der Waals surface area contributed by atoms with Crippen LogP contribution in [0.5, 0.6) is 11.5 Å². The molecule has 0 bridgehead atoms. The zero-order chi connectivity index (χ0) is 17.6. The molecule has 0 aliphatic rings. The van der Waals surface area contributed by atoms with Crippen molar-refractivity contribution in [3.63, 3.8) is 0 Å². The van der Waals surface area contributed by atoms with Crippen molar-refractivity contribution in [1.29, 1.82) is 0 Å². The molecule has 0 radical (unpaired) electrons. The number of phenols is 1. The van der Waals surface area contributed by atoms with Crippen LogP contribution in [0.4, 0.5) is 0 Å². The summed E-state index contributed by atoms with van der Waals surface area (Å²) in [4.78, 5) is 12.1. The standard InChI is InChI=1S/C16H14N6O3/c1-25-15-7-2-11(8-14(15)23)9-17-19-16(24)12-3-5-13(6-4-12)22-10-18-20-21-22/h2-10,23H,1H3,(H,19,24)/b17-9+. The van der Waals surface area contributed by atoms with Crippen molar-refractivity contribution < 1.29 is 14.6 Å². The number of nitrogens with one attached hydrogen (secondary N) is 1. The van der Waals surface area contributed by atoms with Crippen LogP contribution in [0.25, 0.3) is 5.69 Å². The summed E-state index contributed by atoms with van der Waals surface area (Å²) in [5.74, 6) is -0.00271. The molecule has 1 amide bonds. The van der Waals surface area contributed by atoms with Crippen LogP contribution < -0.4 is 10.2 Å². The fourth-order valence-electron chi connectivity index (χ4n) is 2.06. The summed E-state index contributed by atoms with van der Waals surface area (Å²) in [5.41, 5.74) is 4.21. The van der Waals surface area contributed by atoms with Crippen LogP contribution in [0.1, 0.15) is 15.9 Å². The number of tetrazole rings is 1. The van der Waals surface area contributed by atoms with E-state index in [9.17, 15) is 9.90 Å². The molecule has 3 aromatic rings. The van der Waals surface area contributed by atoms with Crippen molar-refractivity contribution in [2.75, 3.05) is 7.11 Å². The molecule has 2 N–H and O–H groups in total. The summed E-state index contributed by atoms with van der Waals surface area (Å²) in [6.07, 6.45) is 2.89. The van der Waals surface area contributed by atoms with E-state index in [0.29, 0.717) is 16.9 Å². The first kappa shape index (κ1) is 16.1. The van der Waals surface area contributed by atoms with Gasteiger partial charge in [0.25, 0.3) is 5.91 Å². The fourth-order valence-corrected chi connectivity index (χ4v) is 2.06. The maximum atomic E-state index is 12.1. The first-order valence-electron chi connectivity index (χ1n) is 7.21. The summed E-state index contributed by atoms with van der Waals surface area (Å²) in [6, 6.07) is 11.5. The number of rotatable bonds is 5. The topological polar surface area (TPSA) is 115 Å². The minimum Gasteiger partial charge on any atom is -0.504 e. The number of methoxy groups -OCH3 is 1. The van der Waals surface area contributed by atoms with Crippen LogP contribution in [0.2, 0.25) is 0 Å². The summed E-state index contributed by atoms with van der Waals surface area (Å²) in [5, 5.41) is 24.4. The molecule has 25 heavy (non-hydrogen) atoms. The Bertz CT molecular complexity index is 891. The lowest BCUT2D eigenvalue weighted by Crippen LogP contribution is -2.17. The molecule has 126 valence electrons. The smallest absolute Gasteiger partial charge is 0.271 e. The third kappa shape index (κ3) is 3.78. The first-order valence-corrected chi connectivity index (χ1v) is 7.21. The lowest BCUT2D eigenvalue weighted by atomic mass is 10.2. The van der Waals surface area contributed by atoms with Crippen molar-refractivity contribution in [3.05, 3.63) is 59.9 Å². The van der Waals surface area contributed by atoms with Crippen molar-refractivity contribution >= 4 is 12.1 Å². The summed E-state index contributed by atoms with van der Waals surface area (Å²) < 4.78 is 6.44. The van der Waals surface area contributed by atoms with Crippen molar-refractivity contribution in [2.24, 2.45) is 5.10 Å². The van der Waals surface area contributed by atoms with E-state index in [1.54, 1.807) is 36.4 Å². The Morgan fingerprint density at radius 2 is 2.08 bits per heavy atom. The molecule has 0 spiro atoms. The average Bonchev–Trinajstić information content (AvgIpc) is 3.16. The highest BCUT2D eigenvalue weighted by Crippen LogP contribution is 2.25. The highest BCUT2D eigenvalue weighted by Gasteiger charge is 2.05. The van der Waals surface area contributed by atoms with Gasteiger partial charge < -0.3 is 9.84 Å². The van der Waals surface area contributed by atoms with E-state index in [4.69, 9.17) is 4.74 Å². The molecule has 2 aromatic carbocycles. The maximum absolute atomic E-state index is 12.1. The Kier molecular flexibility index (Phi) is 4.65. The maximum Gasteiger partial charge on any atom is 0.271 e. The number of phenolic OH excluding ortho intramolecular Hbond substituents is 1. The highest BCUT2D eigenvalue weighted by molar-refractivity contribution is 5.95. The summed E-state index contributed by atoms with van der Waals surface area (Å²) >= 11 is 0. The molecule has 3 rings (SSSR count). The van der Waals surface area contributed by atoms with E-state index in [2.05, 4.69) is 26.1 Å². The fraction of sp³-hybridized carbons (Fsp3) is 0.0625. The Hall–Kier alpha value is -3.75. The van der Waals surface area contributed by atoms with Crippen LogP contribution >= 0.6 is 0 Å². The molecule has 9 heteroatoms. The van der Waals surface area contributed by atoms with Gasteiger partial charge in [0, 0.05) is 5.56 Å². The zero-order valence-corrected chi connectivity index (χ0v) is 13.2. The second kappa shape index (κ2) is 7.21. The molecular formula is C16H14N6O3. The van der Waals surface area contributed by atoms with E-state index >= 15 is 0 Å². The van der Waals surface area contributed by atoms with Gasteiger partial charge in [0.15, 0.2) is 11.5 Å². The van der Waals surface area contributed by atoms with Gasteiger partial charge in [-0.2, -0.15) is 5.10 Å². The van der Waals surface area contributed by atoms with E-state index in [1.807, 2.05) is 0 Å². The lowest BCUT2D eigenvalue weighted by molar-refractivity contribution is 0.0955. The number of hydrogen-bond acceptors (Lipinski definition) is 7. The quantitative estimate of drug-likeness (QED) is 0.532.